The van der Waals surface area contributed by atoms with Crippen LogP contribution in [0.15, 0.2) is 18.2 Å². The van der Waals surface area contributed by atoms with E-state index in [0.29, 0.717) is 13.2 Å². The highest BCUT2D eigenvalue weighted by Crippen LogP contribution is 2.31. The SMILES string of the molecule is Cc1ccc(CC2(CO)COC2)cc1C. The van der Waals surface area contributed by atoms with Crippen molar-refractivity contribution in [2.45, 2.75) is 20.3 Å². The van der Waals surface area contributed by atoms with Crippen LogP contribution in [0.3, 0.4) is 0 Å². The predicted octanol–water partition coefficient (Wildman–Crippen LogP) is 1.85. The molecule has 2 rings (SSSR count). The van der Waals surface area contributed by atoms with Crippen LogP contribution in [0.5, 0.6) is 0 Å². The summed E-state index contributed by atoms with van der Waals surface area (Å²) < 4.78 is 5.20. The van der Waals surface area contributed by atoms with Crippen molar-refractivity contribution in [2.75, 3.05) is 19.8 Å². The number of hydrogen-bond donors (Lipinski definition) is 1. The lowest BCUT2D eigenvalue weighted by Crippen LogP contribution is -2.47. The Morgan fingerprint density at radius 3 is 2.47 bits per heavy atom. The summed E-state index contributed by atoms with van der Waals surface area (Å²) in [7, 11) is 0. The molecule has 15 heavy (non-hydrogen) atoms. The number of benzene rings is 1. The summed E-state index contributed by atoms with van der Waals surface area (Å²) in [5.41, 5.74) is 3.93. The number of aliphatic hydroxyl groups excluding tert-OH is 1. The first-order valence-corrected chi connectivity index (χ1v) is 5.40. The molecule has 82 valence electrons. The Kier molecular flexibility index (Phi) is 2.81. The van der Waals surface area contributed by atoms with E-state index >= 15 is 0 Å². The first kappa shape index (κ1) is 10.7. The van der Waals surface area contributed by atoms with Crippen molar-refractivity contribution in [3.8, 4) is 0 Å². The third-order valence-corrected chi connectivity index (χ3v) is 3.30. The summed E-state index contributed by atoms with van der Waals surface area (Å²) in [5.74, 6) is 0. The van der Waals surface area contributed by atoms with Crippen LogP contribution in [-0.4, -0.2) is 24.9 Å². The maximum absolute atomic E-state index is 9.34. The van der Waals surface area contributed by atoms with E-state index in [9.17, 15) is 5.11 Å². The third kappa shape index (κ3) is 2.06. The molecule has 0 amide bonds. The second-order valence-corrected chi connectivity index (χ2v) is 4.75. The van der Waals surface area contributed by atoms with Gasteiger partial charge in [-0.1, -0.05) is 18.2 Å². The van der Waals surface area contributed by atoms with Gasteiger partial charge in [0.05, 0.1) is 19.8 Å². The van der Waals surface area contributed by atoms with E-state index in [0.717, 1.165) is 6.42 Å². The van der Waals surface area contributed by atoms with Gasteiger partial charge in [0.2, 0.25) is 0 Å². The van der Waals surface area contributed by atoms with Gasteiger partial charge in [-0.3, -0.25) is 0 Å². The maximum Gasteiger partial charge on any atom is 0.0570 e. The Morgan fingerprint density at radius 1 is 1.27 bits per heavy atom. The van der Waals surface area contributed by atoms with Gasteiger partial charge in [-0.25, -0.2) is 0 Å². The van der Waals surface area contributed by atoms with Crippen LogP contribution in [0.4, 0.5) is 0 Å². The molecule has 0 atom stereocenters. The van der Waals surface area contributed by atoms with E-state index in [1.807, 2.05) is 0 Å². The van der Waals surface area contributed by atoms with Gasteiger partial charge in [0.1, 0.15) is 0 Å². The van der Waals surface area contributed by atoms with Crippen molar-refractivity contribution in [1.82, 2.24) is 0 Å². The van der Waals surface area contributed by atoms with E-state index in [1.165, 1.54) is 16.7 Å². The van der Waals surface area contributed by atoms with Crippen molar-refractivity contribution >= 4 is 0 Å². The molecule has 1 fully saturated rings. The van der Waals surface area contributed by atoms with Gasteiger partial charge in [0, 0.05) is 5.41 Å². The van der Waals surface area contributed by atoms with Crippen LogP contribution < -0.4 is 0 Å². The first-order chi connectivity index (χ1) is 7.15. The third-order valence-electron chi connectivity index (χ3n) is 3.30. The molecule has 2 nitrogen and oxygen atoms in total. The standard InChI is InChI=1S/C13H18O2/c1-10-3-4-12(5-11(10)2)6-13(7-14)8-15-9-13/h3-5,14H,6-9H2,1-2H3. The number of aliphatic hydroxyl groups is 1. The van der Waals surface area contributed by atoms with E-state index in [1.54, 1.807) is 0 Å². The fourth-order valence-corrected chi connectivity index (χ4v) is 1.99. The van der Waals surface area contributed by atoms with Crippen LogP contribution >= 0.6 is 0 Å². The van der Waals surface area contributed by atoms with E-state index in [2.05, 4.69) is 32.0 Å². The van der Waals surface area contributed by atoms with Gasteiger partial charge in [0.15, 0.2) is 0 Å². The van der Waals surface area contributed by atoms with Gasteiger partial charge < -0.3 is 9.84 Å². The number of aryl methyl sites for hydroxylation is 2. The normalized spacial score (nSPS) is 18.6. The monoisotopic (exact) mass is 206 g/mol. The average Bonchev–Trinajstić information content (AvgIpc) is 2.17. The molecule has 1 aliphatic heterocycles. The molecule has 0 aliphatic carbocycles. The molecule has 1 N–H and O–H groups in total. The fraction of sp³-hybridized carbons (Fsp3) is 0.538. The quantitative estimate of drug-likeness (QED) is 0.818. The van der Waals surface area contributed by atoms with Crippen molar-refractivity contribution in [3.05, 3.63) is 34.9 Å². The lowest BCUT2D eigenvalue weighted by molar-refractivity contribution is -0.136. The number of hydrogen-bond acceptors (Lipinski definition) is 2. The van der Waals surface area contributed by atoms with E-state index in [-0.39, 0.29) is 12.0 Å². The highest BCUT2D eigenvalue weighted by atomic mass is 16.5. The molecule has 0 saturated carbocycles. The molecule has 1 aromatic rings. The fourth-order valence-electron chi connectivity index (χ4n) is 1.99. The summed E-state index contributed by atoms with van der Waals surface area (Å²) in [6.45, 7) is 5.85. The summed E-state index contributed by atoms with van der Waals surface area (Å²) >= 11 is 0. The van der Waals surface area contributed by atoms with Crippen LogP contribution in [0.1, 0.15) is 16.7 Å². The second kappa shape index (κ2) is 3.95. The lowest BCUT2D eigenvalue weighted by atomic mass is 9.80. The Balaban J connectivity index is 2.13. The average molecular weight is 206 g/mol. The molecule has 1 heterocycles. The van der Waals surface area contributed by atoms with Gasteiger partial charge in [-0.15, -0.1) is 0 Å². The highest BCUT2D eigenvalue weighted by molar-refractivity contribution is 5.30. The Hall–Kier alpha value is -0.860. The zero-order chi connectivity index (χ0) is 10.9. The molecule has 1 saturated heterocycles. The molecule has 0 bridgehead atoms. The van der Waals surface area contributed by atoms with E-state index < -0.39 is 0 Å². The van der Waals surface area contributed by atoms with Gasteiger partial charge in [-0.2, -0.15) is 0 Å². The molecule has 0 spiro atoms. The minimum absolute atomic E-state index is 0.0122. The van der Waals surface area contributed by atoms with Crippen molar-refractivity contribution < 1.29 is 9.84 Å². The van der Waals surface area contributed by atoms with Gasteiger partial charge >= 0.3 is 0 Å². The van der Waals surface area contributed by atoms with Gasteiger partial charge in [0.25, 0.3) is 0 Å². The van der Waals surface area contributed by atoms with Crippen LogP contribution in [0, 0.1) is 19.3 Å². The Labute approximate surface area is 90.9 Å². The topological polar surface area (TPSA) is 29.5 Å². The lowest BCUT2D eigenvalue weighted by Gasteiger charge is -2.40. The highest BCUT2D eigenvalue weighted by Gasteiger charge is 2.37. The Morgan fingerprint density at radius 2 is 2.00 bits per heavy atom. The molecular formula is C13H18O2. The van der Waals surface area contributed by atoms with Crippen LogP contribution in [-0.2, 0) is 11.2 Å². The maximum atomic E-state index is 9.34. The van der Waals surface area contributed by atoms with Crippen molar-refractivity contribution in [1.29, 1.82) is 0 Å². The summed E-state index contributed by atoms with van der Waals surface area (Å²) in [6, 6.07) is 6.51. The molecule has 0 unspecified atom stereocenters. The summed E-state index contributed by atoms with van der Waals surface area (Å²) in [5, 5.41) is 9.34. The number of rotatable bonds is 3. The molecule has 2 heteroatoms. The molecule has 1 aliphatic rings. The van der Waals surface area contributed by atoms with Crippen LogP contribution in [0.2, 0.25) is 0 Å². The molecule has 0 radical (unpaired) electrons. The second-order valence-electron chi connectivity index (χ2n) is 4.75. The first-order valence-electron chi connectivity index (χ1n) is 5.40. The predicted molar refractivity (Wildman–Crippen MR) is 60.0 cm³/mol. The van der Waals surface area contributed by atoms with Crippen molar-refractivity contribution in [2.24, 2.45) is 5.41 Å². The number of ether oxygens (including phenoxy) is 1. The molecular weight excluding hydrogens is 188 g/mol. The molecule has 0 aromatic heterocycles. The Bertz CT molecular complexity index is 348. The van der Waals surface area contributed by atoms with Crippen molar-refractivity contribution in [3.63, 3.8) is 0 Å². The minimum atomic E-state index is -0.0122. The van der Waals surface area contributed by atoms with Gasteiger partial charge in [-0.05, 0) is 37.0 Å². The van der Waals surface area contributed by atoms with Crippen LogP contribution in [0.25, 0.3) is 0 Å². The molecule has 1 aromatic carbocycles. The largest absolute Gasteiger partial charge is 0.396 e. The summed E-state index contributed by atoms with van der Waals surface area (Å²) in [4.78, 5) is 0. The smallest absolute Gasteiger partial charge is 0.0570 e. The summed E-state index contributed by atoms with van der Waals surface area (Å²) in [6.07, 6.45) is 0.921. The van der Waals surface area contributed by atoms with E-state index in [4.69, 9.17) is 4.74 Å². The zero-order valence-corrected chi connectivity index (χ0v) is 9.42. The minimum Gasteiger partial charge on any atom is -0.396 e. The zero-order valence-electron chi connectivity index (χ0n) is 9.42.